The van der Waals surface area contributed by atoms with E-state index in [1.165, 1.54) is 6.20 Å². The zero-order valence-electron chi connectivity index (χ0n) is 15.2. The first-order valence-corrected chi connectivity index (χ1v) is 10.1. The van der Waals surface area contributed by atoms with Crippen LogP contribution in [0, 0.1) is 29.1 Å². The molecule has 1 amide bonds. The van der Waals surface area contributed by atoms with Crippen molar-refractivity contribution < 1.29 is 4.79 Å². The summed E-state index contributed by atoms with van der Waals surface area (Å²) in [5.41, 5.74) is 8.42. The summed E-state index contributed by atoms with van der Waals surface area (Å²) in [4.78, 5) is 24.2. The van der Waals surface area contributed by atoms with E-state index in [-0.39, 0.29) is 23.7 Å². The fourth-order valence-electron chi connectivity index (χ4n) is 4.71. The number of fused-ring (bicyclic) bond motifs is 3. The molecular weight excluding hydrogens is 409 g/mol. The Balaban J connectivity index is 1.62. The lowest BCUT2D eigenvalue weighted by atomic mass is 9.77. The number of rotatable bonds is 4. The van der Waals surface area contributed by atoms with Crippen molar-refractivity contribution in [2.45, 2.75) is 6.42 Å². The summed E-state index contributed by atoms with van der Waals surface area (Å²) in [5, 5.41) is 9.94. The van der Waals surface area contributed by atoms with E-state index in [2.05, 4.69) is 21.0 Å². The van der Waals surface area contributed by atoms with Crippen molar-refractivity contribution in [3.05, 3.63) is 58.2 Å². The van der Waals surface area contributed by atoms with Crippen molar-refractivity contribution in [2.75, 3.05) is 0 Å². The quantitative estimate of drug-likeness (QED) is 0.429. The number of amides is 1. The van der Waals surface area contributed by atoms with Crippen LogP contribution in [-0.4, -0.2) is 26.6 Å². The molecule has 2 aliphatic rings. The van der Waals surface area contributed by atoms with Gasteiger partial charge in [-0.25, -0.2) is 9.97 Å². The van der Waals surface area contributed by atoms with Crippen molar-refractivity contribution >= 4 is 46.0 Å². The average Bonchev–Trinajstić information content (AvgIpc) is 3.41. The number of aromatic amines is 1. The van der Waals surface area contributed by atoms with Gasteiger partial charge in [-0.1, -0.05) is 35.4 Å². The number of hydrogen-bond acceptors (Lipinski definition) is 4. The maximum Gasteiger partial charge on any atom is 0.221 e. The predicted octanol–water partition coefficient (Wildman–Crippen LogP) is 4.22. The highest BCUT2D eigenvalue weighted by Crippen LogP contribution is 2.49. The van der Waals surface area contributed by atoms with E-state index in [1.54, 1.807) is 12.1 Å². The molecule has 3 aromatic rings. The molecule has 2 aromatic heterocycles. The van der Waals surface area contributed by atoms with Crippen LogP contribution in [0.15, 0.2) is 42.6 Å². The zero-order chi connectivity index (χ0) is 20.3. The molecule has 1 fully saturated rings. The third-order valence-electron chi connectivity index (χ3n) is 5.98. The minimum atomic E-state index is -0.393. The Bertz CT molecular complexity index is 1180. The van der Waals surface area contributed by atoms with Crippen LogP contribution >= 0.6 is 23.2 Å². The summed E-state index contributed by atoms with van der Waals surface area (Å²) in [6, 6.07) is 7.28. The molecule has 29 heavy (non-hydrogen) atoms. The molecule has 2 unspecified atom stereocenters. The van der Waals surface area contributed by atoms with Gasteiger partial charge >= 0.3 is 0 Å². The number of nitrogens with one attached hydrogen (secondary N) is 2. The predicted molar refractivity (Wildman–Crippen MR) is 113 cm³/mol. The van der Waals surface area contributed by atoms with Crippen LogP contribution in [0.2, 0.25) is 10.0 Å². The highest BCUT2D eigenvalue weighted by molar-refractivity contribution is 6.35. The van der Waals surface area contributed by atoms with Crippen molar-refractivity contribution in [1.82, 2.24) is 15.0 Å². The molecule has 2 bridgehead atoms. The van der Waals surface area contributed by atoms with Crippen LogP contribution in [-0.2, 0) is 4.79 Å². The Hall–Kier alpha value is -2.70. The number of carbonyl (C=O) groups excluding carboxylic acids is 1. The minimum absolute atomic E-state index is 0.0883. The molecule has 0 radical (unpaired) electrons. The molecule has 0 aliphatic heterocycles. The number of H-pyrrole nitrogens is 1. The number of imidazole rings is 1. The fourth-order valence-corrected chi connectivity index (χ4v) is 5.08. The molecule has 0 spiro atoms. The Morgan fingerprint density at radius 2 is 1.83 bits per heavy atom. The number of aromatic nitrogens is 3. The Kier molecular flexibility index (Phi) is 4.22. The topological polar surface area (TPSA) is 109 Å². The number of nitrogens with two attached hydrogens (primary N) is 1. The van der Waals surface area contributed by atoms with Gasteiger partial charge in [0.25, 0.3) is 0 Å². The monoisotopic (exact) mass is 425 g/mol. The summed E-state index contributed by atoms with van der Waals surface area (Å²) in [7, 11) is 0. The van der Waals surface area contributed by atoms with E-state index in [1.807, 2.05) is 18.2 Å². The van der Waals surface area contributed by atoms with Gasteiger partial charge in [-0.2, -0.15) is 0 Å². The first-order valence-electron chi connectivity index (χ1n) is 9.30. The number of allylic oxidation sites excluding steroid dienone is 2. The van der Waals surface area contributed by atoms with Gasteiger partial charge in [-0.15, -0.1) is 0 Å². The molecule has 0 saturated heterocycles. The lowest BCUT2D eigenvalue weighted by Crippen LogP contribution is -2.37. The average molecular weight is 426 g/mol. The number of nitrogens with zero attached hydrogens (tertiary/aromatic N) is 2. The largest absolute Gasteiger partial charge is 0.369 e. The smallest absolute Gasteiger partial charge is 0.221 e. The summed E-state index contributed by atoms with van der Waals surface area (Å²) < 4.78 is 0. The second kappa shape index (κ2) is 6.68. The van der Waals surface area contributed by atoms with E-state index in [4.69, 9.17) is 34.3 Å². The van der Waals surface area contributed by atoms with Gasteiger partial charge in [0.2, 0.25) is 5.91 Å². The van der Waals surface area contributed by atoms with Crippen molar-refractivity contribution in [1.29, 1.82) is 5.41 Å². The molecule has 4 atom stereocenters. The first kappa shape index (κ1) is 18.3. The van der Waals surface area contributed by atoms with E-state index in [9.17, 15) is 4.79 Å². The lowest BCUT2D eigenvalue weighted by molar-refractivity contribution is -0.123. The van der Waals surface area contributed by atoms with Crippen molar-refractivity contribution in [2.24, 2.45) is 29.4 Å². The minimum Gasteiger partial charge on any atom is -0.369 e. The molecule has 2 heterocycles. The van der Waals surface area contributed by atoms with Gasteiger partial charge < -0.3 is 16.1 Å². The van der Waals surface area contributed by atoms with Gasteiger partial charge in [0.05, 0.1) is 16.5 Å². The highest BCUT2D eigenvalue weighted by Gasteiger charge is 2.49. The maximum absolute atomic E-state index is 12.1. The van der Waals surface area contributed by atoms with E-state index in [0.717, 1.165) is 12.0 Å². The molecule has 1 aromatic carbocycles. The van der Waals surface area contributed by atoms with Crippen LogP contribution in [0.25, 0.3) is 22.6 Å². The molecule has 8 heteroatoms. The third-order valence-corrected chi connectivity index (χ3v) is 6.52. The maximum atomic E-state index is 12.1. The van der Waals surface area contributed by atoms with E-state index in [0.29, 0.717) is 38.3 Å². The number of primary amides is 1. The summed E-state index contributed by atoms with van der Waals surface area (Å²) in [5.74, 6) is -0.249. The normalized spacial score (nSPS) is 25.0. The molecule has 1 saturated carbocycles. The third kappa shape index (κ3) is 2.86. The van der Waals surface area contributed by atoms with Crippen LogP contribution in [0.4, 0.5) is 0 Å². The van der Waals surface area contributed by atoms with Crippen molar-refractivity contribution in [3.8, 4) is 11.4 Å². The van der Waals surface area contributed by atoms with E-state index < -0.39 is 5.92 Å². The van der Waals surface area contributed by atoms with Gasteiger partial charge in [-0.05, 0) is 42.5 Å². The molecule has 4 N–H and O–H groups in total. The lowest BCUT2D eigenvalue weighted by Gasteiger charge is -2.26. The zero-order valence-corrected chi connectivity index (χ0v) is 16.7. The van der Waals surface area contributed by atoms with Crippen LogP contribution in [0.3, 0.4) is 0 Å². The SMILES string of the molecule is N=C(c1c(Cl)cnc2nc(-c3ccc(Cl)cc3)[nH]c12)C1C(C(N)=O)[C@@H]2C=C[C@H]1C2. The van der Waals surface area contributed by atoms with Gasteiger partial charge in [-0.3, -0.25) is 4.79 Å². The summed E-state index contributed by atoms with van der Waals surface area (Å²) in [6.45, 7) is 0. The van der Waals surface area contributed by atoms with Crippen molar-refractivity contribution in [3.63, 3.8) is 0 Å². The van der Waals surface area contributed by atoms with Crippen LogP contribution in [0.5, 0.6) is 0 Å². The number of benzene rings is 1. The first-order chi connectivity index (χ1) is 13.9. The molecular formula is C21H17Cl2N5O. The number of carbonyl (C=O) groups is 1. The molecule has 146 valence electrons. The molecule has 2 aliphatic carbocycles. The molecule has 6 nitrogen and oxygen atoms in total. The van der Waals surface area contributed by atoms with Gasteiger partial charge in [0, 0.05) is 34.0 Å². The molecule has 5 rings (SSSR count). The summed E-state index contributed by atoms with van der Waals surface area (Å²) >= 11 is 12.5. The number of hydrogen-bond donors (Lipinski definition) is 3. The van der Waals surface area contributed by atoms with Gasteiger partial charge in [0.1, 0.15) is 5.82 Å². The van der Waals surface area contributed by atoms with Crippen LogP contribution < -0.4 is 5.73 Å². The standard InChI is InChI=1S/C21H17Cl2N5O/c22-12-5-3-9(4-6-12)20-27-18-16(13(23)8-26-21(18)28-20)17(24)14-10-1-2-11(7-10)15(14)19(25)29/h1-6,8,10-11,14-15,24H,7H2,(H2,25,29)(H,26,27,28)/t10-,11+,14?,15?/m0/s1. The van der Waals surface area contributed by atoms with E-state index >= 15 is 0 Å². The second-order valence-electron chi connectivity index (χ2n) is 7.59. The van der Waals surface area contributed by atoms with Gasteiger partial charge in [0.15, 0.2) is 5.65 Å². The number of halogens is 2. The Morgan fingerprint density at radius 1 is 1.14 bits per heavy atom. The number of pyridine rings is 1. The second-order valence-corrected chi connectivity index (χ2v) is 8.43. The summed E-state index contributed by atoms with van der Waals surface area (Å²) in [6.07, 6.45) is 6.47. The highest BCUT2D eigenvalue weighted by atomic mass is 35.5. The fraction of sp³-hybridized carbons (Fsp3) is 0.238. The Labute approximate surface area is 176 Å². The van der Waals surface area contributed by atoms with Crippen LogP contribution in [0.1, 0.15) is 12.0 Å². The Morgan fingerprint density at radius 3 is 2.52 bits per heavy atom.